The molecule has 0 spiro atoms. The van der Waals surface area contributed by atoms with Gasteiger partial charge in [-0.2, -0.15) is 0 Å². The Kier molecular flexibility index (Phi) is 11.2. The van der Waals surface area contributed by atoms with Gasteiger partial charge in [-0.1, -0.05) is 6.07 Å². The van der Waals surface area contributed by atoms with Crippen molar-refractivity contribution in [3.8, 4) is 0 Å². The van der Waals surface area contributed by atoms with E-state index in [9.17, 15) is 9.59 Å². The summed E-state index contributed by atoms with van der Waals surface area (Å²) >= 11 is 2.50. The SMILES string of the molecule is C[C@H](C(=O)[C@@H](C)OC(=O)c1ccccc1)[C@@H]1CC[C@H](C)[C@@H]([C@H](COCc2ccccc2)[Hg][Br])O1. The Morgan fingerprint density at radius 3 is 2.35 bits per heavy atom. The minimum absolute atomic E-state index is 0.0907. The van der Waals surface area contributed by atoms with E-state index in [0.29, 0.717) is 28.1 Å². The third-order valence-corrected chi connectivity index (χ3v) is 18.2. The molecule has 5 nitrogen and oxygen atoms in total. The Labute approximate surface area is 220 Å². The van der Waals surface area contributed by atoms with Gasteiger partial charge in [0.2, 0.25) is 0 Å². The summed E-state index contributed by atoms with van der Waals surface area (Å²) in [5.41, 5.74) is 1.61. The van der Waals surface area contributed by atoms with Gasteiger partial charge in [0.05, 0.1) is 0 Å². The molecule has 0 saturated carbocycles. The van der Waals surface area contributed by atoms with Crippen LogP contribution in [-0.4, -0.2) is 36.7 Å². The first-order valence-electron chi connectivity index (χ1n) is 12.0. The monoisotopic (exact) mass is 718 g/mol. The van der Waals surface area contributed by atoms with E-state index in [1.165, 1.54) is 5.56 Å². The van der Waals surface area contributed by atoms with E-state index < -0.39 is 34.2 Å². The number of carbonyl (C=O) groups is 2. The van der Waals surface area contributed by atoms with E-state index in [-0.39, 0.29) is 23.9 Å². The number of ketones is 1. The van der Waals surface area contributed by atoms with Crippen molar-refractivity contribution in [2.75, 3.05) is 6.61 Å². The van der Waals surface area contributed by atoms with Crippen molar-refractivity contribution in [1.82, 2.24) is 0 Å². The summed E-state index contributed by atoms with van der Waals surface area (Å²) in [6.45, 7) is 7.06. The van der Waals surface area contributed by atoms with Crippen molar-refractivity contribution < 1.29 is 45.9 Å². The third-order valence-electron chi connectivity index (χ3n) is 6.61. The molecule has 0 bridgehead atoms. The number of ether oxygens (including phenoxy) is 3. The number of hydrogen-bond donors (Lipinski definition) is 0. The van der Waals surface area contributed by atoms with Crippen LogP contribution < -0.4 is 0 Å². The molecule has 3 rings (SSSR count). The second kappa shape index (κ2) is 13.9. The Morgan fingerprint density at radius 2 is 1.71 bits per heavy atom. The predicted octanol–water partition coefficient (Wildman–Crippen LogP) is 6.02. The van der Waals surface area contributed by atoms with Gasteiger partial charge in [-0.05, 0) is 0 Å². The number of carbonyl (C=O) groups excluding carboxylic acids is 2. The molecule has 0 radical (unpaired) electrons. The summed E-state index contributed by atoms with van der Waals surface area (Å²) in [6.07, 6.45) is 0.955. The van der Waals surface area contributed by atoms with Crippen molar-refractivity contribution in [2.24, 2.45) is 11.8 Å². The van der Waals surface area contributed by atoms with Crippen molar-refractivity contribution in [3.05, 3.63) is 71.8 Å². The van der Waals surface area contributed by atoms with E-state index in [4.69, 9.17) is 14.2 Å². The summed E-state index contributed by atoms with van der Waals surface area (Å²) in [4.78, 5) is 25.5. The van der Waals surface area contributed by atoms with E-state index in [0.717, 1.165) is 12.8 Å². The standard InChI is InChI=1S/C27H33O5.BrH.Hg/c1-19-14-15-25(32-24(19)16-17-30-18-22-10-6-4-7-11-22)20(2)26(28)21(3)31-27(29)23-12-8-5-9-13-23;;/h4-13,16,19-21,24-25H,14-15,17-18H2,1-3H3;1H;/q;;+1/p-1/t19-,20-,21+,24+,25-;;/m0../s1. The molecule has 1 aliphatic rings. The van der Waals surface area contributed by atoms with E-state index in [2.05, 4.69) is 31.0 Å². The number of esters is 1. The van der Waals surface area contributed by atoms with Crippen LogP contribution >= 0.6 is 11.9 Å². The summed E-state index contributed by atoms with van der Waals surface area (Å²) in [7, 11) is 0. The number of benzene rings is 2. The number of rotatable bonds is 11. The molecule has 7 heteroatoms. The number of Topliss-reactive ketones (excluding diaryl/α,β-unsaturated/α-hetero) is 1. The predicted molar refractivity (Wildman–Crippen MR) is 131 cm³/mol. The number of halogens is 1. The van der Waals surface area contributed by atoms with Gasteiger partial charge in [0, 0.05) is 0 Å². The molecule has 0 aliphatic carbocycles. The van der Waals surface area contributed by atoms with Gasteiger partial charge in [0.25, 0.3) is 0 Å². The molecular formula is C27H33BrHgO5. The first kappa shape index (κ1) is 27.5. The van der Waals surface area contributed by atoms with Gasteiger partial charge in [0.15, 0.2) is 0 Å². The van der Waals surface area contributed by atoms with Crippen LogP contribution in [0.1, 0.15) is 49.5 Å². The van der Waals surface area contributed by atoms with Gasteiger partial charge in [-0.15, -0.1) is 0 Å². The molecule has 1 heterocycles. The Hall–Kier alpha value is -1.08. The van der Waals surface area contributed by atoms with Crippen LogP contribution in [0.5, 0.6) is 0 Å². The average molecular weight is 718 g/mol. The minimum atomic E-state index is -1.37. The zero-order valence-corrected chi connectivity index (χ0v) is 27.3. The molecule has 2 aromatic carbocycles. The molecule has 6 atom stereocenters. The first-order valence-corrected chi connectivity index (χ1v) is 27.1. The zero-order valence-electron chi connectivity index (χ0n) is 20.2. The summed E-state index contributed by atoms with van der Waals surface area (Å²) < 4.78 is 18.5. The topological polar surface area (TPSA) is 61.8 Å². The average Bonchev–Trinajstić information content (AvgIpc) is 2.87. The zero-order chi connectivity index (χ0) is 24.5. The molecule has 1 aliphatic heterocycles. The van der Waals surface area contributed by atoms with Gasteiger partial charge >= 0.3 is 216 Å². The van der Waals surface area contributed by atoms with E-state index in [1.54, 1.807) is 31.2 Å². The summed E-state index contributed by atoms with van der Waals surface area (Å²) in [5.74, 6) is -0.488. The molecule has 0 N–H and O–H groups in total. The van der Waals surface area contributed by atoms with Crippen LogP contribution in [0.4, 0.5) is 0 Å². The fourth-order valence-electron chi connectivity index (χ4n) is 4.48. The first-order chi connectivity index (χ1) is 16.4. The Morgan fingerprint density at radius 1 is 1.06 bits per heavy atom. The molecule has 1 fully saturated rings. The van der Waals surface area contributed by atoms with Crippen molar-refractivity contribution >= 4 is 23.7 Å². The maximum atomic E-state index is 13.1. The second-order valence-corrected chi connectivity index (χ2v) is 20.2. The molecule has 2 aromatic rings. The number of hydrogen-bond acceptors (Lipinski definition) is 5. The van der Waals surface area contributed by atoms with Gasteiger partial charge in [0.1, 0.15) is 0 Å². The Balaban J connectivity index is 1.55. The molecule has 0 aromatic heterocycles. The van der Waals surface area contributed by atoms with Crippen LogP contribution in [0.15, 0.2) is 60.7 Å². The Bertz CT molecular complexity index is 910. The normalized spacial score (nSPS) is 22.8. The molecular weight excluding hydrogens is 685 g/mol. The van der Waals surface area contributed by atoms with Crippen LogP contribution in [0.2, 0.25) is 3.43 Å². The second-order valence-electron chi connectivity index (χ2n) is 9.21. The summed E-state index contributed by atoms with van der Waals surface area (Å²) in [5, 5.41) is 0. The molecule has 34 heavy (non-hydrogen) atoms. The molecule has 0 unspecified atom stereocenters. The van der Waals surface area contributed by atoms with E-state index in [1.807, 2.05) is 31.2 Å². The van der Waals surface area contributed by atoms with Gasteiger partial charge in [-0.3, -0.25) is 0 Å². The van der Waals surface area contributed by atoms with Crippen LogP contribution in [-0.2, 0) is 47.8 Å². The van der Waals surface area contributed by atoms with Crippen LogP contribution in [0.3, 0.4) is 0 Å². The van der Waals surface area contributed by atoms with Crippen molar-refractivity contribution in [3.63, 3.8) is 0 Å². The van der Waals surface area contributed by atoms with Gasteiger partial charge in [-0.25, -0.2) is 0 Å². The molecule has 1 saturated heterocycles. The van der Waals surface area contributed by atoms with Crippen LogP contribution in [0, 0.1) is 11.8 Å². The van der Waals surface area contributed by atoms with Crippen molar-refractivity contribution in [1.29, 1.82) is 0 Å². The molecule has 180 valence electrons. The summed E-state index contributed by atoms with van der Waals surface area (Å²) in [6, 6.07) is 19.0. The fourth-order valence-corrected chi connectivity index (χ4v) is 13.3. The quantitative estimate of drug-likeness (QED) is 0.210. The van der Waals surface area contributed by atoms with E-state index >= 15 is 0 Å². The van der Waals surface area contributed by atoms with Gasteiger partial charge < -0.3 is 0 Å². The maximum absolute atomic E-state index is 13.1. The van der Waals surface area contributed by atoms with Crippen molar-refractivity contribution in [2.45, 2.75) is 62.0 Å². The molecule has 0 amide bonds. The third kappa shape index (κ3) is 7.71. The fraction of sp³-hybridized carbons (Fsp3) is 0.481. The van der Waals surface area contributed by atoms with Crippen LogP contribution in [0.25, 0.3) is 0 Å².